The summed E-state index contributed by atoms with van der Waals surface area (Å²) >= 11 is 7.28. The van der Waals surface area contributed by atoms with Crippen molar-refractivity contribution < 1.29 is 24.0 Å². The van der Waals surface area contributed by atoms with Crippen LogP contribution in [0.1, 0.15) is 49.6 Å². The summed E-state index contributed by atoms with van der Waals surface area (Å²) in [7, 11) is 0. The normalized spacial score (nSPS) is 17.2. The van der Waals surface area contributed by atoms with Gasteiger partial charge in [0.05, 0.1) is 17.5 Å². The van der Waals surface area contributed by atoms with Crippen molar-refractivity contribution in [2.45, 2.75) is 31.7 Å². The molecule has 2 aliphatic heterocycles. The first-order valence-corrected chi connectivity index (χ1v) is 12.3. The van der Waals surface area contributed by atoms with Crippen molar-refractivity contribution in [1.82, 2.24) is 15.2 Å². The zero-order chi connectivity index (χ0) is 25.4. The second-order valence-corrected chi connectivity index (χ2v) is 10.0. The van der Waals surface area contributed by atoms with Gasteiger partial charge in [-0.2, -0.15) is 0 Å². The summed E-state index contributed by atoms with van der Waals surface area (Å²) in [5.74, 6) is -2.62. The number of aromatic nitrogens is 1. The molecule has 1 saturated heterocycles. The van der Waals surface area contributed by atoms with E-state index >= 15 is 0 Å². The van der Waals surface area contributed by atoms with E-state index in [2.05, 4.69) is 15.6 Å². The number of fused-ring (bicyclic) bond motifs is 1. The van der Waals surface area contributed by atoms with Crippen molar-refractivity contribution in [3.8, 4) is 0 Å². The maximum atomic E-state index is 13.0. The number of hydrogen-bond acceptors (Lipinski definition) is 7. The number of carbonyl (C=O) groups is 5. The summed E-state index contributed by atoms with van der Waals surface area (Å²) in [5, 5.41) is 6.05. The molecule has 0 spiro atoms. The van der Waals surface area contributed by atoms with Crippen LogP contribution in [0.3, 0.4) is 0 Å². The van der Waals surface area contributed by atoms with Crippen molar-refractivity contribution in [1.29, 1.82) is 0 Å². The maximum Gasteiger partial charge on any atom is 0.262 e. The number of imide groups is 2. The Labute approximate surface area is 214 Å². The monoisotopic (exact) mass is 522 g/mol. The smallest absolute Gasteiger partial charge is 0.262 e. The zero-order valence-electron chi connectivity index (χ0n) is 18.7. The Balaban J connectivity index is 1.24. The summed E-state index contributed by atoms with van der Waals surface area (Å²) in [4.78, 5) is 68.1. The van der Waals surface area contributed by atoms with Crippen molar-refractivity contribution in [2.24, 2.45) is 0 Å². The van der Waals surface area contributed by atoms with Crippen LogP contribution in [-0.4, -0.2) is 45.5 Å². The molecule has 1 unspecified atom stereocenters. The first-order valence-electron chi connectivity index (χ1n) is 11.1. The fourth-order valence-corrected chi connectivity index (χ4v) is 5.22. The Morgan fingerprint density at radius 3 is 2.53 bits per heavy atom. The topological polar surface area (TPSA) is 126 Å². The first-order chi connectivity index (χ1) is 17.3. The molecule has 3 heterocycles. The van der Waals surface area contributed by atoms with E-state index in [0.29, 0.717) is 22.1 Å². The van der Waals surface area contributed by atoms with E-state index in [4.69, 9.17) is 11.6 Å². The van der Waals surface area contributed by atoms with Crippen LogP contribution in [-0.2, 0) is 27.2 Å². The number of thiazole rings is 1. The Hall–Kier alpha value is -3.89. The lowest BCUT2D eigenvalue weighted by Gasteiger charge is -2.27. The Bertz CT molecular complexity index is 1420. The van der Waals surface area contributed by atoms with Gasteiger partial charge in [-0.25, -0.2) is 4.98 Å². The van der Waals surface area contributed by atoms with Gasteiger partial charge in [-0.15, -0.1) is 11.3 Å². The van der Waals surface area contributed by atoms with E-state index in [0.717, 1.165) is 15.3 Å². The molecule has 36 heavy (non-hydrogen) atoms. The second kappa shape index (κ2) is 9.63. The largest absolute Gasteiger partial charge is 0.302 e. The SMILES string of the molecule is O=C1CCC(N2C(=O)c3ccc(CC(=O)Nc4ncc(Cc5ccc(Cl)cc5)s4)cc3C2=O)C(=O)N1. The summed E-state index contributed by atoms with van der Waals surface area (Å²) in [6.45, 7) is 0. The van der Waals surface area contributed by atoms with Gasteiger partial charge in [0.2, 0.25) is 17.7 Å². The summed E-state index contributed by atoms with van der Waals surface area (Å²) in [6.07, 6.45) is 2.47. The van der Waals surface area contributed by atoms with E-state index in [1.165, 1.54) is 23.5 Å². The number of rotatable bonds is 6. The highest BCUT2D eigenvalue weighted by atomic mass is 35.5. The van der Waals surface area contributed by atoms with Gasteiger partial charge in [-0.3, -0.25) is 34.2 Å². The van der Waals surface area contributed by atoms with Crippen LogP contribution in [0.15, 0.2) is 48.7 Å². The van der Waals surface area contributed by atoms with Crippen molar-refractivity contribution in [2.75, 3.05) is 5.32 Å². The van der Waals surface area contributed by atoms with Gasteiger partial charge in [-0.05, 0) is 41.8 Å². The van der Waals surface area contributed by atoms with Crippen LogP contribution in [0.2, 0.25) is 5.02 Å². The van der Waals surface area contributed by atoms with E-state index in [1.54, 1.807) is 12.3 Å². The van der Waals surface area contributed by atoms with Gasteiger partial charge >= 0.3 is 0 Å². The molecule has 0 saturated carbocycles. The number of hydrogen-bond donors (Lipinski definition) is 2. The van der Waals surface area contributed by atoms with Crippen LogP contribution in [0.25, 0.3) is 0 Å². The molecule has 2 aromatic carbocycles. The molecule has 1 aromatic heterocycles. The fraction of sp³-hybridized carbons (Fsp3) is 0.200. The number of halogens is 1. The number of nitrogens with one attached hydrogen (secondary N) is 2. The third kappa shape index (κ3) is 4.77. The van der Waals surface area contributed by atoms with E-state index in [1.807, 2.05) is 24.3 Å². The number of piperidine rings is 1. The third-order valence-corrected chi connectivity index (χ3v) is 7.13. The lowest BCUT2D eigenvalue weighted by atomic mass is 10.0. The minimum Gasteiger partial charge on any atom is -0.302 e. The summed E-state index contributed by atoms with van der Waals surface area (Å²) in [6, 6.07) is 11.0. The van der Waals surface area contributed by atoms with Crippen molar-refractivity contribution >= 4 is 57.6 Å². The minimum atomic E-state index is -1.03. The van der Waals surface area contributed by atoms with Crippen LogP contribution < -0.4 is 10.6 Å². The maximum absolute atomic E-state index is 13.0. The molecule has 2 N–H and O–H groups in total. The van der Waals surface area contributed by atoms with Crippen LogP contribution in [0.5, 0.6) is 0 Å². The predicted molar refractivity (Wildman–Crippen MR) is 132 cm³/mol. The average Bonchev–Trinajstić information content (AvgIpc) is 3.37. The molecule has 3 aromatic rings. The van der Waals surface area contributed by atoms with Gasteiger partial charge in [0.25, 0.3) is 11.8 Å². The van der Waals surface area contributed by atoms with Gasteiger partial charge < -0.3 is 5.32 Å². The van der Waals surface area contributed by atoms with E-state index in [-0.39, 0.29) is 36.3 Å². The molecule has 11 heteroatoms. The Morgan fingerprint density at radius 2 is 1.78 bits per heavy atom. The summed E-state index contributed by atoms with van der Waals surface area (Å²) < 4.78 is 0. The highest BCUT2D eigenvalue weighted by molar-refractivity contribution is 7.15. The lowest BCUT2D eigenvalue weighted by molar-refractivity contribution is -0.136. The molecule has 5 amide bonds. The fourth-order valence-electron chi connectivity index (χ4n) is 4.23. The van der Waals surface area contributed by atoms with Crippen molar-refractivity contribution in [3.05, 3.63) is 80.8 Å². The van der Waals surface area contributed by atoms with Crippen LogP contribution >= 0.6 is 22.9 Å². The van der Waals surface area contributed by atoms with Gasteiger partial charge in [0.1, 0.15) is 6.04 Å². The van der Waals surface area contributed by atoms with E-state index < -0.39 is 29.7 Å². The van der Waals surface area contributed by atoms with Crippen LogP contribution in [0, 0.1) is 0 Å². The average molecular weight is 523 g/mol. The molecule has 182 valence electrons. The highest BCUT2D eigenvalue weighted by Gasteiger charge is 2.44. The third-order valence-electron chi connectivity index (χ3n) is 5.96. The molecule has 9 nitrogen and oxygen atoms in total. The lowest BCUT2D eigenvalue weighted by Crippen LogP contribution is -2.54. The Morgan fingerprint density at radius 1 is 1.06 bits per heavy atom. The van der Waals surface area contributed by atoms with Gasteiger partial charge in [0, 0.05) is 28.9 Å². The molecule has 5 rings (SSSR count). The standard InChI is InChI=1S/C25H19ClN4O5S/c26-15-4-1-13(2-5-15)9-16-12-27-25(36-16)29-21(32)11-14-3-6-17-18(10-14)24(35)30(23(17)34)19-7-8-20(31)28-22(19)33/h1-6,10,12,19H,7-9,11H2,(H,27,29,32)(H,28,31,33). The van der Waals surface area contributed by atoms with Crippen LogP contribution in [0.4, 0.5) is 5.13 Å². The minimum absolute atomic E-state index is 0.0285. The second-order valence-electron chi connectivity index (χ2n) is 8.49. The molecular formula is C25H19ClN4O5S. The molecular weight excluding hydrogens is 504 g/mol. The number of anilines is 1. The highest BCUT2D eigenvalue weighted by Crippen LogP contribution is 2.29. The molecule has 0 aliphatic carbocycles. The van der Waals surface area contributed by atoms with Gasteiger partial charge in [0.15, 0.2) is 5.13 Å². The number of benzene rings is 2. The van der Waals surface area contributed by atoms with Gasteiger partial charge in [-0.1, -0.05) is 29.8 Å². The number of nitrogens with zero attached hydrogens (tertiary/aromatic N) is 2. The molecule has 0 bridgehead atoms. The molecule has 1 fully saturated rings. The Kier molecular flexibility index (Phi) is 6.38. The summed E-state index contributed by atoms with van der Waals surface area (Å²) in [5.41, 5.74) is 1.91. The van der Waals surface area contributed by atoms with E-state index in [9.17, 15) is 24.0 Å². The quantitative estimate of drug-likeness (QED) is 0.479. The molecule has 1 atom stereocenters. The molecule has 0 radical (unpaired) electrons. The number of amides is 5. The number of carbonyl (C=O) groups excluding carboxylic acids is 5. The predicted octanol–water partition coefficient (Wildman–Crippen LogP) is 2.97. The zero-order valence-corrected chi connectivity index (χ0v) is 20.3. The molecule has 2 aliphatic rings. The first kappa shape index (κ1) is 23.8. The van der Waals surface area contributed by atoms with Crippen molar-refractivity contribution in [3.63, 3.8) is 0 Å².